The Morgan fingerprint density at radius 2 is 2.15 bits per heavy atom. The molecule has 0 bridgehead atoms. The maximum absolute atomic E-state index is 9.32. The maximum atomic E-state index is 9.32. The van der Waals surface area contributed by atoms with Crippen LogP contribution in [-0.4, -0.2) is 9.97 Å². The maximum Gasteiger partial charge on any atom is 0.119 e. The normalized spacial score (nSPS) is 13.6. The molecule has 100 valence electrons. The Labute approximate surface area is 122 Å². The van der Waals surface area contributed by atoms with Crippen molar-refractivity contribution in [3.8, 4) is 6.07 Å². The van der Waals surface area contributed by atoms with Gasteiger partial charge in [0.25, 0.3) is 0 Å². The van der Waals surface area contributed by atoms with E-state index < -0.39 is 0 Å². The van der Waals surface area contributed by atoms with Crippen molar-refractivity contribution >= 4 is 17.4 Å². The summed E-state index contributed by atoms with van der Waals surface area (Å²) < 4.78 is 0. The number of aromatic nitrogens is 2. The van der Waals surface area contributed by atoms with Gasteiger partial charge in [-0.05, 0) is 43.4 Å². The summed E-state index contributed by atoms with van der Waals surface area (Å²) in [5.41, 5.74) is 9.50. The van der Waals surface area contributed by atoms with Crippen molar-refractivity contribution in [3.63, 3.8) is 0 Å². The van der Waals surface area contributed by atoms with Crippen LogP contribution in [0, 0.1) is 11.3 Å². The third kappa shape index (κ3) is 2.47. The number of rotatable bonds is 2. The number of nitrogens with zero attached hydrogens (tertiary/aromatic N) is 3. The lowest BCUT2D eigenvalue weighted by atomic mass is 9.95. The van der Waals surface area contributed by atoms with Crippen LogP contribution in [0.25, 0.3) is 0 Å². The Morgan fingerprint density at radius 3 is 2.95 bits per heavy atom. The predicted molar refractivity (Wildman–Crippen MR) is 78.4 cm³/mol. The molecule has 0 saturated heterocycles. The highest BCUT2D eigenvalue weighted by molar-refractivity contribution is 7.99. The Balaban J connectivity index is 2.01. The Hall–Kier alpha value is -2.06. The number of nitriles is 1. The SMILES string of the molecule is N#Cc1cc2c(nc1Sc1ccncc1N)CCCC2. The van der Waals surface area contributed by atoms with Crippen LogP contribution in [0.5, 0.6) is 0 Å². The molecule has 0 unspecified atom stereocenters. The second kappa shape index (κ2) is 5.51. The number of nitrogens with two attached hydrogens (primary N) is 1. The summed E-state index contributed by atoms with van der Waals surface area (Å²) in [5, 5.41) is 10.1. The topological polar surface area (TPSA) is 75.6 Å². The van der Waals surface area contributed by atoms with E-state index in [1.54, 1.807) is 12.4 Å². The fourth-order valence-corrected chi connectivity index (χ4v) is 3.24. The van der Waals surface area contributed by atoms with Gasteiger partial charge in [-0.2, -0.15) is 5.26 Å². The number of hydrogen-bond acceptors (Lipinski definition) is 5. The lowest BCUT2D eigenvalue weighted by Gasteiger charge is -2.16. The van der Waals surface area contributed by atoms with E-state index in [-0.39, 0.29) is 0 Å². The van der Waals surface area contributed by atoms with Crippen molar-refractivity contribution in [2.24, 2.45) is 0 Å². The third-order valence-electron chi connectivity index (χ3n) is 3.40. The van der Waals surface area contributed by atoms with Crippen LogP contribution in [0.4, 0.5) is 5.69 Å². The van der Waals surface area contributed by atoms with Gasteiger partial charge < -0.3 is 5.73 Å². The van der Waals surface area contributed by atoms with E-state index in [1.807, 2.05) is 12.1 Å². The van der Waals surface area contributed by atoms with E-state index in [4.69, 9.17) is 5.73 Å². The van der Waals surface area contributed by atoms with E-state index >= 15 is 0 Å². The third-order valence-corrected chi connectivity index (χ3v) is 4.50. The first-order valence-corrected chi connectivity index (χ1v) is 7.40. The van der Waals surface area contributed by atoms with Crippen LogP contribution in [0.1, 0.15) is 29.7 Å². The van der Waals surface area contributed by atoms with Crippen molar-refractivity contribution in [1.29, 1.82) is 5.26 Å². The molecular formula is C15H14N4S. The van der Waals surface area contributed by atoms with Gasteiger partial charge in [-0.3, -0.25) is 4.98 Å². The van der Waals surface area contributed by atoms with Crippen LogP contribution in [0.2, 0.25) is 0 Å². The van der Waals surface area contributed by atoms with Gasteiger partial charge in [0.1, 0.15) is 11.1 Å². The number of nitrogen functional groups attached to an aromatic ring is 1. The highest BCUT2D eigenvalue weighted by Gasteiger charge is 2.16. The van der Waals surface area contributed by atoms with E-state index in [0.29, 0.717) is 11.3 Å². The molecular weight excluding hydrogens is 268 g/mol. The standard InChI is InChI=1S/C15H14N4S/c16-8-11-7-10-3-1-2-4-13(10)19-15(11)20-14-5-6-18-9-12(14)17/h5-7,9H,1-4,17H2. The molecule has 2 N–H and O–H groups in total. The summed E-state index contributed by atoms with van der Waals surface area (Å²) in [4.78, 5) is 9.55. The summed E-state index contributed by atoms with van der Waals surface area (Å²) in [6.07, 6.45) is 7.70. The van der Waals surface area contributed by atoms with Gasteiger partial charge >= 0.3 is 0 Å². The fraction of sp³-hybridized carbons (Fsp3) is 0.267. The van der Waals surface area contributed by atoms with Crippen molar-refractivity contribution in [3.05, 3.63) is 41.3 Å². The molecule has 4 nitrogen and oxygen atoms in total. The highest BCUT2D eigenvalue weighted by atomic mass is 32.2. The van der Waals surface area contributed by atoms with Crippen molar-refractivity contribution in [1.82, 2.24) is 9.97 Å². The zero-order valence-corrected chi connectivity index (χ0v) is 11.8. The predicted octanol–water partition coefficient (Wildman–Crippen LogP) is 2.96. The van der Waals surface area contributed by atoms with E-state index in [1.165, 1.54) is 30.2 Å². The minimum absolute atomic E-state index is 0.612. The molecule has 0 atom stereocenters. The molecule has 20 heavy (non-hydrogen) atoms. The Bertz CT molecular complexity index is 691. The number of fused-ring (bicyclic) bond motifs is 1. The highest BCUT2D eigenvalue weighted by Crippen LogP contribution is 2.34. The first-order chi connectivity index (χ1) is 9.78. The van der Waals surface area contributed by atoms with Gasteiger partial charge in [-0.1, -0.05) is 11.8 Å². The first kappa shape index (κ1) is 12.9. The lowest BCUT2D eigenvalue weighted by molar-refractivity contribution is 0.660. The molecule has 1 aliphatic rings. The molecule has 2 aromatic rings. The van der Waals surface area contributed by atoms with E-state index in [9.17, 15) is 5.26 Å². The van der Waals surface area contributed by atoms with Gasteiger partial charge in [0.2, 0.25) is 0 Å². The van der Waals surface area contributed by atoms with Gasteiger partial charge in [-0.15, -0.1) is 0 Å². The van der Waals surface area contributed by atoms with Crippen LogP contribution >= 0.6 is 11.8 Å². The molecule has 2 heterocycles. The minimum atomic E-state index is 0.612. The number of pyridine rings is 2. The van der Waals surface area contributed by atoms with Gasteiger partial charge in [-0.25, -0.2) is 4.98 Å². The van der Waals surface area contributed by atoms with Crippen LogP contribution in [0.15, 0.2) is 34.4 Å². The average molecular weight is 282 g/mol. The zero-order valence-electron chi connectivity index (χ0n) is 11.0. The van der Waals surface area contributed by atoms with Gasteiger partial charge in [0.15, 0.2) is 0 Å². The molecule has 5 heteroatoms. The van der Waals surface area contributed by atoms with Crippen LogP contribution in [-0.2, 0) is 12.8 Å². The molecule has 1 aliphatic carbocycles. The molecule has 0 amide bonds. The van der Waals surface area contributed by atoms with Crippen molar-refractivity contribution < 1.29 is 0 Å². The van der Waals surface area contributed by atoms with Gasteiger partial charge in [0.05, 0.1) is 17.4 Å². The second-order valence-corrected chi connectivity index (χ2v) is 5.81. The minimum Gasteiger partial charge on any atom is -0.397 e. The molecule has 0 fully saturated rings. The molecule has 3 rings (SSSR count). The molecule has 2 aromatic heterocycles. The number of hydrogen-bond donors (Lipinski definition) is 1. The van der Waals surface area contributed by atoms with Crippen molar-refractivity contribution in [2.75, 3.05) is 5.73 Å². The summed E-state index contributed by atoms with van der Waals surface area (Å²) in [7, 11) is 0. The monoisotopic (exact) mass is 282 g/mol. The first-order valence-electron chi connectivity index (χ1n) is 6.58. The smallest absolute Gasteiger partial charge is 0.119 e. The van der Waals surface area contributed by atoms with E-state index in [0.717, 1.165) is 28.5 Å². The second-order valence-electron chi connectivity index (χ2n) is 4.78. The zero-order chi connectivity index (χ0) is 13.9. The Morgan fingerprint density at radius 1 is 1.30 bits per heavy atom. The van der Waals surface area contributed by atoms with Crippen LogP contribution in [0.3, 0.4) is 0 Å². The lowest BCUT2D eigenvalue weighted by Crippen LogP contribution is -2.07. The van der Waals surface area contributed by atoms with Crippen LogP contribution < -0.4 is 5.73 Å². The summed E-state index contributed by atoms with van der Waals surface area (Å²) in [6, 6.07) is 6.08. The van der Waals surface area contributed by atoms with Crippen molar-refractivity contribution in [2.45, 2.75) is 35.6 Å². The summed E-state index contributed by atoms with van der Waals surface area (Å²) in [6.45, 7) is 0. The summed E-state index contributed by atoms with van der Waals surface area (Å²) >= 11 is 1.44. The molecule has 0 radical (unpaired) electrons. The Kier molecular flexibility index (Phi) is 3.57. The summed E-state index contributed by atoms with van der Waals surface area (Å²) in [5.74, 6) is 0. The van der Waals surface area contributed by atoms with E-state index in [2.05, 4.69) is 16.0 Å². The largest absolute Gasteiger partial charge is 0.397 e. The molecule has 0 spiro atoms. The quantitative estimate of drug-likeness (QED) is 0.916. The van der Waals surface area contributed by atoms with Gasteiger partial charge in [0, 0.05) is 16.8 Å². The number of aryl methyl sites for hydroxylation is 2. The molecule has 0 aliphatic heterocycles. The molecule has 0 saturated carbocycles. The number of anilines is 1. The molecule has 0 aromatic carbocycles. The average Bonchev–Trinajstić information content (AvgIpc) is 2.49. The fourth-order valence-electron chi connectivity index (χ4n) is 2.36.